The second-order valence-corrected chi connectivity index (χ2v) is 8.03. The van der Waals surface area contributed by atoms with Crippen molar-refractivity contribution in [1.29, 1.82) is 0 Å². The van der Waals surface area contributed by atoms with Crippen LogP contribution in [0, 0.1) is 6.92 Å². The Morgan fingerprint density at radius 2 is 1.69 bits per heavy atom. The van der Waals surface area contributed by atoms with Gasteiger partial charge in [0.1, 0.15) is 6.61 Å². The van der Waals surface area contributed by atoms with Crippen molar-refractivity contribution < 1.29 is 23.8 Å². The third-order valence-corrected chi connectivity index (χ3v) is 5.79. The van der Waals surface area contributed by atoms with Gasteiger partial charge in [-0.05, 0) is 48.2 Å². The van der Waals surface area contributed by atoms with Crippen molar-refractivity contribution >= 4 is 17.7 Å². The van der Waals surface area contributed by atoms with Gasteiger partial charge in [0.25, 0.3) is 0 Å². The largest absolute Gasteiger partial charge is 0.490 e. The molecule has 3 aromatic rings. The summed E-state index contributed by atoms with van der Waals surface area (Å²) in [6.07, 6.45) is 0. The Labute approximate surface area is 204 Å². The van der Waals surface area contributed by atoms with Crippen LogP contribution < -0.4 is 20.1 Å². The topological polar surface area (TPSA) is 85.9 Å². The minimum atomic E-state index is -0.740. The molecule has 1 aliphatic heterocycles. The number of carbonyl (C=O) groups excluding carboxylic acids is 2. The molecular weight excluding hydrogens is 444 g/mol. The average Bonchev–Trinajstić information content (AvgIpc) is 2.88. The van der Waals surface area contributed by atoms with Gasteiger partial charge in [-0.2, -0.15) is 0 Å². The van der Waals surface area contributed by atoms with Crippen molar-refractivity contribution in [2.45, 2.75) is 26.5 Å². The number of aryl methyl sites for hydroxylation is 1. The quantitative estimate of drug-likeness (QED) is 0.455. The predicted octanol–water partition coefficient (Wildman–Crippen LogP) is 4.91. The molecule has 1 aliphatic rings. The summed E-state index contributed by atoms with van der Waals surface area (Å²) >= 11 is 0. The third kappa shape index (κ3) is 5.30. The molecule has 3 aromatic carbocycles. The van der Waals surface area contributed by atoms with E-state index in [1.807, 2.05) is 74.5 Å². The molecule has 2 N–H and O–H groups in total. The number of ether oxygens (including phenoxy) is 3. The normalized spacial score (nSPS) is 15.2. The van der Waals surface area contributed by atoms with Gasteiger partial charge in [0.05, 0.1) is 31.0 Å². The first-order valence-corrected chi connectivity index (χ1v) is 11.4. The summed E-state index contributed by atoms with van der Waals surface area (Å²) in [5.41, 5.74) is 4.29. The van der Waals surface area contributed by atoms with E-state index in [-0.39, 0.29) is 0 Å². The molecule has 0 fully saturated rings. The van der Waals surface area contributed by atoms with Crippen molar-refractivity contribution in [2.75, 3.05) is 13.7 Å². The van der Waals surface area contributed by atoms with Gasteiger partial charge in [0, 0.05) is 0 Å². The van der Waals surface area contributed by atoms with Crippen LogP contribution in [0.2, 0.25) is 0 Å². The Morgan fingerprint density at radius 1 is 0.943 bits per heavy atom. The van der Waals surface area contributed by atoms with Crippen LogP contribution in [0.5, 0.6) is 11.5 Å². The fraction of sp³-hybridized carbons (Fsp3) is 0.214. The van der Waals surface area contributed by atoms with Crippen LogP contribution >= 0.6 is 0 Å². The van der Waals surface area contributed by atoms with E-state index in [2.05, 4.69) is 10.6 Å². The van der Waals surface area contributed by atoms with E-state index >= 15 is 0 Å². The lowest BCUT2D eigenvalue weighted by molar-refractivity contribution is -0.136. The van der Waals surface area contributed by atoms with Gasteiger partial charge in [-0.15, -0.1) is 0 Å². The molecule has 1 unspecified atom stereocenters. The molecule has 0 spiro atoms. The molecule has 0 radical (unpaired) electrons. The second-order valence-electron chi connectivity index (χ2n) is 8.03. The van der Waals surface area contributed by atoms with E-state index < -0.39 is 18.0 Å². The van der Waals surface area contributed by atoms with Crippen molar-refractivity contribution in [3.63, 3.8) is 0 Å². The zero-order valence-electron chi connectivity index (χ0n) is 20.0. The Kier molecular flexibility index (Phi) is 7.35. The maximum Gasteiger partial charge on any atom is 0.338 e. The number of methoxy groups -OCH3 is 1. The van der Waals surface area contributed by atoms with Gasteiger partial charge in [0.2, 0.25) is 0 Å². The fourth-order valence-corrected chi connectivity index (χ4v) is 4.00. The maximum absolute atomic E-state index is 12.9. The van der Waals surface area contributed by atoms with Gasteiger partial charge >= 0.3 is 12.0 Å². The first-order valence-electron chi connectivity index (χ1n) is 11.4. The molecule has 0 bridgehead atoms. The highest BCUT2D eigenvalue weighted by Crippen LogP contribution is 2.37. The van der Waals surface area contributed by atoms with Gasteiger partial charge in [0.15, 0.2) is 11.5 Å². The van der Waals surface area contributed by atoms with E-state index in [4.69, 9.17) is 14.2 Å². The van der Waals surface area contributed by atoms with Crippen LogP contribution in [-0.2, 0) is 16.1 Å². The highest BCUT2D eigenvalue weighted by atomic mass is 16.5. The van der Waals surface area contributed by atoms with Gasteiger partial charge < -0.3 is 24.8 Å². The Balaban J connectivity index is 1.72. The van der Waals surface area contributed by atoms with E-state index in [9.17, 15) is 9.59 Å². The Morgan fingerprint density at radius 3 is 2.40 bits per heavy atom. The lowest BCUT2D eigenvalue weighted by atomic mass is 9.92. The van der Waals surface area contributed by atoms with Crippen LogP contribution in [0.15, 0.2) is 78.4 Å². The van der Waals surface area contributed by atoms with Crippen molar-refractivity contribution in [2.24, 2.45) is 0 Å². The number of carbonyl (C=O) groups is 2. The van der Waals surface area contributed by atoms with Crippen molar-refractivity contribution in [3.05, 3.63) is 101 Å². The summed E-state index contributed by atoms with van der Waals surface area (Å²) in [6, 6.07) is 21.5. The number of benzene rings is 3. The van der Waals surface area contributed by atoms with E-state index in [0.717, 1.165) is 11.1 Å². The lowest BCUT2D eigenvalue weighted by Gasteiger charge is -2.29. The maximum atomic E-state index is 12.9. The monoisotopic (exact) mass is 472 g/mol. The molecule has 0 saturated heterocycles. The van der Waals surface area contributed by atoms with Crippen LogP contribution in [0.3, 0.4) is 0 Å². The Bertz CT molecular complexity index is 1250. The molecule has 1 heterocycles. The molecule has 4 rings (SSSR count). The summed E-state index contributed by atoms with van der Waals surface area (Å²) in [5.74, 6) is 0.557. The smallest absolute Gasteiger partial charge is 0.338 e. The van der Waals surface area contributed by atoms with E-state index in [1.165, 1.54) is 7.11 Å². The summed E-state index contributed by atoms with van der Waals surface area (Å²) in [6.45, 7) is 4.74. The molecule has 1 atom stereocenters. The number of amides is 2. The summed E-state index contributed by atoms with van der Waals surface area (Å²) < 4.78 is 17.0. The number of rotatable bonds is 8. The van der Waals surface area contributed by atoms with Crippen LogP contribution in [0.4, 0.5) is 4.79 Å². The molecule has 7 nitrogen and oxygen atoms in total. The van der Waals surface area contributed by atoms with Gasteiger partial charge in [-0.3, -0.25) is 0 Å². The van der Waals surface area contributed by atoms with Crippen LogP contribution in [-0.4, -0.2) is 25.7 Å². The Hall–Kier alpha value is -4.26. The number of urea groups is 1. The first-order chi connectivity index (χ1) is 17.0. The summed E-state index contributed by atoms with van der Waals surface area (Å²) in [7, 11) is 1.32. The zero-order valence-corrected chi connectivity index (χ0v) is 20.0. The molecule has 7 heteroatoms. The second kappa shape index (κ2) is 10.8. The predicted molar refractivity (Wildman–Crippen MR) is 133 cm³/mol. The van der Waals surface area contributed by atoms with Crippen molar-refractivity contribution in [3.8, 4) is 11.5 Å². The standard InChI is InChI=1S/C28H28N2O5/c1-4-34-23-16-20(14-15-22(23)35-17-21-13-9-8-10-18(21)2)26-24(27(31)33-3)25(29-28(32)30-26)19-11-6-5-7-12-19/h5-16,26H,4,17H2,1-3H3,(H2,29,30,32). The number of hydrogen-bond acceptors (Lipinski definition) is 5. The molecule has 2 amide bonds. The van der Waals surface area contributed by atoms with Gasteiger partial charge in [-0.1, -0.05) is 60.7 Å². The molecule has 0 aliphatic carbocycles. The third-order valence-electron chi connectivity index (χ3n) is 5.79. The highest BCUT2D eigenvalue weighted by molar-refractivity contribution is 6.04. The zero-order chi connectivity index (χ0) is 24.8. The lowest BCUT2D eigenvalue weighted by Crippen LogP contribution is -2.45. The number of hydrogen-bond donors (Lipinski definition) is 2. The average molecular weight is 473 g/mol. The number of esters is 1. The number of nitrogens with one attached hydrogen (secondary N) is 2. The SMILES string of the molecule is CCOc1cc(C2NC(=O)NC(c3ccccc3)=C2C(=O)OC)ccc1OCc1ccccc1C. The van der Waals surface area contributed by atoms with E-state index in [0.29, 0.717) is 47.1 Å². The molecule has 180 valence electrons. The van der Waals surface area contributed by atoms with Gasteiger partial charge in [-0.25, -0.2) is 9.59 Å². The summed E-state index contributed by atoms with van der Waals surface area (Å²) in [4.78, 5) is 25.5. The van der Waals surface area contributed by atoms with Crippen LogP contribution in [0.25, 0.3) is 5.70 Å². The van der Waals surface area contributed by atoms with Crippen molar-refractivity contribution in [1.82, 2.24) is 10.6 Å². The first kappa shape index (κ1) is 23.9. The van der Waals surface area contributed by atoms with E-state index in [1.54, 1.807) is 12.1 Å². The minimum absolute atomic E-state index is 0.300. The fourth-order valence-electron chi connectivity index (χ4n) is 4.00. The molecule has 0 saturated carbocycles. The minimum Gasteiger partial charge on any atom is -0.490 e. The molecule has 0 aromatic heterocycles. The summed E-state index contributed by atoms with van der Waals surface area (Å²) in [5, 5.41) is 5.61. The van der Waals surface area contributed by atoms with Crippen LogP contribution in [0.1, 0.15) is 35.2 Å². The molecular formula is C28H28N2O5. The molecule has 35 heavy (non-hydrogen) atoms. The highest BCUT2D eigenvalue weighted by Gasteiger charge is 2.34.